The maximum atomic E-state index is 13.1. The molecule has 1 amide bonds. The highest BCUT2D eigenvalue weighted by molar-refractivity contribution is 6.05. The number of nitrogens with two attached hydrogens (primary N) is 1. The van der Waals surface area contributed by atoms with Crippen LogP contribution in [0.3, 0.4) is 0 Å². The Hall–Kier alpha value is -3.78. The molecule has 178 valence electrons. The van der Waals surface area contributed by atoms with E-state index in [0.717, 1.165) is 48.8 Å². The topological polar surface area (TPSA) is 116 Å². The summed E-state index contributed by atoms with van der Waals surface area (Å²) in [4.78, 5) is 40.9. The lowest BCUT2D eigenvalue weighted by molar-refractivity contribution is -0.141. The van der Waals surface area contributed by atoms with Gasteiger partial charge in [-0.05, 0) is 61.2 Å². The zero-order valence-corrected chi connectivity index (χ0v) is 19.3. The van der Waals surface area contributed by atoms with Crippen LogP contribution < -0.4 is 16.6 Å². The van der Waals surface area contributed by atoms with E-state index in [1.54, 1.807) is 12.4 Å². The number of rotatable bonds is 11. The standard InChI is InChI=1S/C26H30N4O4/c1-34-25(32)18-30-17-23(9-10-24(30)31)29-26(33)22-14-19(7-4-2-3-5-11-27)13-21(15-22)20-8-6-12-28-16-20/h6,8-10,12-17H,2-5,7,11,18,27H2,1H3,(H,29,33). The Labute approximate surface area is 198 Å². The average Bonchev–Trinajstić information content (AvgIpc) is 2.86. The van der Waals surface area contributed by atoms with E-state index in [4.69, 9.17) is 5.73 Å². The maximum Gasteiger partial charge on any atom is 0.325 e. The number of esters is 1. The van der Waals surface area contributed by atoms with Crippen molar-refractivity contribution >= 4 is 17.6 Å². The number of hydrogen-bond donors (Lipinski definition) is 2. The molecule has 0 bridgehead atoms. The molecule has 2 heterocycles. The van der Waals surface area contributed by atoms with E-state index in [-0.39, 0.29) is 18.0 Å². The summed E-state index contributed by atoms with van der Waals surface area (Å²) in [6.07, 6.45) is 9.96. The van der Waals surface area contributed by atoms with E-state index in [9.17, 15) is 14.4 Å². The van der Waals surface area contributed by atoms with Crippen LogP contribution in [0.2, 0.25) is 0 Å². The van der Waals surface area contributed by atoms with Crippen LogP contribution in [-0.2, 0) is 22.5 Å². The number of anilines is 1. The van der Waals surface area contributed by atoms with Crippen molar-refractivity contribution in [3.05, 3.63) is 82.5 Å². The summed E-state index contributed by atoms with van der Waals surface area (Å²) in [6.45, 7) is 0.470. The van der Waals surface area contributed by atoms with Gasteiger partial charge < -0.3 is 20.4 Å². The molecule has 0 unspecified atom stereocenters. The number of carbonyl (C=O) groups excluding carboxylic acids is 2. The second-order valence-corrected chi connectivity index (χ2v) is 8.03. The Balaban J connectivity index is 1.83. The average molecular weight is 463 g/mol. The number of benzene rings is 1. The Morgan fingerprint density at radius 3 is 2.62 bits per heavy atom. The highest BCUT2D eigenvalue weighted by Gasteiger charge is 2.12. The molecule has 1 aromatic carbocycles. The Morgan fingerprint density at radius 2 is 1.88 bits per heavy atom. The predicted octanol–water partition coefficient (Wildman–Crippen LogP) is 3.40. The summed E-state index contributed by atoms with van der Waals surface area (Å²) >= 11 is 0. The molecule has 3 rings (SSSR count). The highest BCUT2D eigenvalue weighted by Crippen LogP contribution is 2.24. The first-order valence-electron chi connectivity index (χ1n) is 11.3. The van der Waals surface area contributed by atoms with Crippen LogP contribution in [0.1, 0.15) is 41.6 Å². The molecular formula is C26H30N4O4. The number of amides is 1. The quantitative estimate of drug-likeness (QED) is 0.333. The molecule has 0 radical (unpaired) electrons. The number of unbranched alkanes of at least 4 members (excludes halogenated alkanes) is 3. The normalized spacial score (nSPS) is 10.6. The molecule has 0 aliphatic carbocycles. The van der Waals surface area contributed by atoms with Gasteiger partial charge in [0, 0.05) is 35.8 Å². The van der Waals surface area contributed by atoms with Crippen molar-refractivity contribution in [3.8, 4) is 11.1 Å². The van der Waals surface area contributed by atoms with Gasteiger partial charge in [-0.25, -0.2) is 0 Å². The minimum absolute atomic E-state index is 0.232. The minimum Gasteiger partial charge on any atom is -0.468 e. The summed E-state index contributed by atoms with van der Waals surface area (Å²) in [6, 6.07) is 12.4. The maximum absolute atomic E-state index is 13.1. The molecule has 8 heteroatoms. The van der Waals surface area contributed by atoms with Crippen LogP contribution >= 0.6 is 0 Å². The number of pyridine rings is 2. The van der Waals surface area contributed by atoms with Gasteiger partial charge in [-0.2, -0.15) is 0 Å². The molecule has 34 heavy (non-hydrogen) atoms. The van der Waals surface area contributed by atoms with Crippen LogP contribution in [0.25, 0.3) is 11.1 Å². The van der Waals surface area contributed by atoms with E-state index in [2.05, 4.69) is 21.1 Å². The molecule has 0 fully saturated rings. The second kappa shape index (κ2) is 12.5. The van der Waals surface area contributed by atoms with Crippen molar-refractivity contribution in [2.24, 2.45) is 5.73 Å². The van der Waals surface area contributed by atoms with Crippen molar-refractivity contribution in [2.45, 2.75) is 38.6 Å². The first kappa shape index (κ1) is 24.9. The third-order valence-electron chi connectivity index (χ3n) is 5.44. The highest BCUT2D eigenvalue weighted by atomic mass is 16.5. The van der Waals surface area contributed by atoms with E-state index in [1.807, 2.05) is 24.3 Å². The van der Waals surface area contributed by atoms with Crippen molar-refractivity contribution < 1.29 is 14.3 Å². The molecule has 0 saturated heterocycles. The second-order valence-electron chi connectivity index (χ2n) is 8.03. The number of aromatic nitrogens is 2. The van der Waals surface area contributed by atoms with Crippen molar-refractivity contribution in [2.75, 3.05) is 19.0 Å². The zero-order chi connectivity index (χ0) is 24.3. The SMILES string of the molecule is COC(=O)Cn1cc(NC(=O)c2cc(CCCCCCN)cc(-c3cccnc3)c2)ccc1=O. The molecule has 0 saturated carbocycles. The van der Waals surface area contributed by atoms with Crippen LogP contribution in [0, 0.1) is 0 Å². The zero-order valence-electron chi connectivity index (χ0n) is 19.3. The van der Waals surface area contributed by atoms with Gasteiger partial charge in [0.15, 0.2) is 0 Å². The van der Waals surface area contributed by atoms with Gasteiger partial charge in [0.25, 0.3) is 11.5 Å². The number of nitrogens with zero attached hydrogens (tertiary/aromatic N) is 2. The lowest BCUT2D eigenvalue weighted by Crippen LogP contribution is -2.24. The van der Waals surface area contributed by atoms with Crippen molar-refractivity contribution in [1.82, 2.24) is 9.55 Å². The Kier molecular flexibility index (Phi) is 9.11. The van der Waals surface area contributed by atoms with E-state index >= 15 is 0 Å². The summed E-state index contributed by atoms with van der Waals surface area (Å²) in [5.74, 6) is -0.857. The smallest absolute Gasteiger partial charge is 0.325 e. The van der Waals surface area contributed by atoms with E-state index < -0.39 is 5.97 Å². The summed E-state index contributed by atoms with van der Waals surface area (Å²) < 4.78 is 5.82. The minimum atomic E-state index is -0.550. The summed E-state index contributed by atoms with van der Waals surface area (Å²) in [7, 11) is 1.25. The lowest BCUT2D eigenvalue weighted by Gasteiger charge is -2.12. The third kappa shape index (κ3) is 7.11. The molecule has 3 N–H and O–H groups in total. The molecular weight excluding hydrogens is 432 g/mol. The van der Waals surface area contributed by atoms with Crippen LogP contribution in [0.5, 0.6) is 0 Å². The van der Waals surface area contributed by atoms with Crippen molar-refractivity contribution in [1.29, 1.82) is 0 Å². The third-order valence-corrected chi connectivity index (χ3v) is 5.44. The lowest BCUT2D eigenvalue weighted by atomic mass is 9.97. The molecule has 3 aromatic rings. The van der Waals surface area contributed by atoms with E-state index in [0.29, 0.717) is 17.8 Å². The fourth-order valence-corrected chi connectivity index (χ4v) is 3.63. The number of carbonyl (C=O) groups is 2. The summed E-state index contributed by atoms with van der Waals surface area (Å²) in [5.41, 5.74) is 9.03. The van der Waals surface area contributed by atoms with Gasteiger partial charge >= 0.3 is 5.97 Å². The predicted molar refractivity (Wildman–Crippen MR) is 132 cm³/mol. The fraction of sp³-hybridized carbons (Fsp3) is 0.308. The number of ether oxygens (including phenoxy) is 1. The molecule has 8 nitrogen and oxygen atoms in total. The Morgan fingerprint density at radius 1 is 1.06 bits per heavy atom. The van der Waals surface area contributed by atoms with Gasteiger partial charge in [0.05, 0.1) is 12.8 Å². The first-order chi connectivity index (χ1) is 16.5. The van der Waals surface area contributed by atoms with Gasteiger partial charge in [-0.3, -0.25) is 19.4 Å². The number of nitrogens with one attached hydrogen (secondary N) is 1. The van der Waals surface area contributed by atoms with Crippen LogP contribution in [0.4, 0.5) is 5.69 Å². The monoisotopic (exact) mass is 462 g/mol. The van der Waals surface area contributed by atoms with E-state index in [1.165, 1.54) is 30.0 Å². The molecule has 2 aromatic heterocycles. The summed E-state index contributed by atoms with van der Waals surface area (Å²) in [5, 5.41) is 2.83. The number of aryl methyl sites for hydroxylation is 1. The molecule has 0 aliphatic rings. The molecule has 0 spiro atoms. The number of methoxy groups -OCH3 is 1. The largest absolute Gasteiger partial charge is 0.468 e. The molecule has 0 aliphatic heterocycles. The van der Waals surface area contributed by atoms with Gasteiger partial charge in [-0.1, -0.05) is 25.0 Å². The van der Waals surface area contributed by atoms with Crippen LogP contribution in [0.15, 0.2) is 65.8 Å². The molecule has 0 atom stereocenters. The van der Waals surface area contributed by atoms with Crippen LogP contribution in [-0.4, -0.2) is 35.1 Å². The fourth-order valence-electron chi connectivity index (χ4n) is 3.63. The van der Waals surface area contributed by atoms with Gasteiger partial charge in [0.2, 0.25) is 0 Å². The first-order valence-corrected chi connectivity index (χ1v) is 11.3. The number of hydrogen-bond acceptors (Lipinski definition) is 6. The van der Waals surface area contributed by atoms with Gasteiger partial charge in [-0.15, -0.1) is 0 Å². The van der Waals surface area contributed by atoms with Gasteiger partial charge in [0.1, 0.15) is 6.54 Å². The Bertz CT molecular complexity index is 1170. The van der Waals surface area contributed by atoms with Crippen molar-refractivity contribution in [3.63, 3.8) is 0 Å².